The van der Waals surface area contributed by atoms with Crippen molar-refractivity contribution in [1.82, 2.24) is 16.0 Å². The van der Waals surface area contributed by atoms with E-state index in [0.29, 0.717) is 13.0 Å². The van der Waals surface area contributed by atoms with Crippen LogP contribution in [-0.2, 0) is 33.4 Å². The Kier molecular flexibility index (Phi) is 23.8. The number of carboxylic acids is 2. The second-order valence-electron chi connectivity index (χ2n) is 9.39. The van der Waals surface area contributed by atoms with E-state index < -0.39 is 18.0 Å². The molecule has 0 saturated heterocycles. The molecular formula is C27H49N3O9. The second kappa shape index (κ2) is 25.5. The van der Waals surface area contributed by atoms with Crippen molar-refractivity contribution in [3.8, 4) is 0 Å². The Labute approximate surface area is 232 Å². The molecular weight excluding hydrogens is 510 g/mol. The molecule has 0 spiro atoms. The average molecular weight is 560 g/mol. The number of hydrogen-bond donors (Lipinski definition) is 5. The fraction of sp³-hybridized carbons (Fsp3) is 0.815. The quantitative estimate of drug-likeness (QED) is 0.0944. The number of ether oxygens (including phenoxy) is 2. The van der Waals surface area contributed by atoms with Crippen LogP contribution in [0.1, 0.15) is 96.8 Å². The monoisotopic (exact) mass is 559 g/mol. The van der Waals surface area contributed by atoms with Crippen molar-refractivity contribution in [2.24, 2.45) is 0 Å². The third-order valence-corrected chi connectivity index (χ3v) is 5.89. The standard InChI is InChI=1S/C27H49N3O9/c1-2-28-25(33)21-39-20-19-38-18-17-29-23(31)16-15-22(27(36)37)30-24(32)13-11-9-7-5-3-4-6-8-10-12-14-26(34)35/h22H,2-21H2,1H3,(H,28,33)(H,29,31)(H,30,32)(H,34,35)(H,36,37)/t22-/m0/s1. The largest absolute Gasteiger partial charge is 0.481 e. The SMILES string of the molecule is CCNC(=O)COCCOCCNC(=O)CC[C@H](NC(=O)CCCCCCCCCCCCC(=O)O)C(=O)O. The second-order valence-corrected chi connectivity index (χ2v) is 9.39. The molecule has 5 N–H and O–H groups in total. The van der Waals surface area contributed by atoms with E-state index in [1.807, 2.05) is 6.92 Å². The number of carbonyl (C=O) groups excluding carboxylic acids is 3. The van der Waals surface area contributed by atoms with Crippen LogP contribution in [0.3, 0.4) is 0 Å². The number of aliphatic carboxylic acids is 2. The third-order valence-electron chi connectivity index (χ3n) is 5.89. The summed E-state index contributed by atoms with van der Waals surface area (Å²) < 4.78 is 10.4. The van der Waals surface area contributed by atoms with Crippen molar-refractivity contribution in [3.63, 3.8) is 0 Å². The molecule has 0 aromatic carbocycles. The van der Waals surface area contributed by atoms with Gasteiger partial charge in [0.15, 0.2) is 0 Å². The predicted octanol–water partition coefficient (Wildman–Crippen LogP) is 2.39. The molecule has 0 radical (unpaired) electrons. The molecule has 39 heavy (non-hydrogen) atoms. The first kappa shape index (κ1) is 36.3. The third kappa shape index (κ3) is 25.3. The Balaban J connectivity index is 3.75. The molecule has 0 aliphatic heterocycles. The predicted molar refractivity (Wildman–Crippen MR) is 145 cm³/mol. The number of unbranched alkanes of at least 4 members (excludes halogenated alkanes) is 9. The van der Waals surface area contributed by atoms with E-state index in [1.54, 1.807) is 0 Å². The Morgan fingerprint density at radius 3 is 1.77 bits per heavy atom. The maximum atomic E-state index is 12.1. The van der Waals surface area contributed by atoms with E-state index in [-0.39, 0.29) is 76.4 Å². The average Bonchev–Trinajstić information content (AvgIpc) is 2.88. The molecule has 12 nitrogen and oxygen atoms in total. The van der Waals surface area contributed by atoms with Crippen molar-refractivity contribution in [1.29, 1.82) is 0 Å². The lowest BCUT2D eigenvalue weighted by Gasteiger charge is -2.14. The number of nitrogens with one attached hydrogen (secondary N) is 3. The van der Waals surface area contributed by atoms with Gasteiger partial charge >= 0.3 is 11.9 Å². The van der Waals surface area contributed by atoms with Gasteiger partial charge in [0.05, 0.1) is 19.8 Å². The number of hydrogen-bond acceptors (Lipinski definition) is 7. The summed E-state index contributed by atoms with van der Waals surface area (Å²) in [5, 5.41) is 25.7. The van der Waals surface area contributed by atoms with Crippen LogP contribution in [0.4, 0.5) is 0 Å². The van der Waals surface area contributed by atoms with E-state index in [1.165, 1.54) is 0 Å². The van der Waals surface area contributed by atoms with E-state index in [2.05, 4.69) is 16.0 Å². The van der Waals surface area contributed by atoms with Crippen molar-refractivity contribution >= 4 is 29.7 Å². The fourth-order valence-electron chi connectivity index (χ4n) is 3.76. The number of rotatable bonds is 27. The van der Waals surface area contributed by atoms with Gasteiger partial charge in [-0.05, 0) is 26.2 Å². The zero-order valence-electron chi connectivity index (χ0n) is 23.5. The van der Waals surface area contributed by atoms with Crippen LogP contribution in [0.5, 0.6) is 0 Å². The molecule has 0 saturated carbocycles. The molecule has 0 unspecified atom stereocenters. The van der Waals surface area contributed by atoms with Crippen molar-refractivity contribution < 1.29 is 43.7 Å². The van der Waals surface area contributed by atoms with Crippen LogP contribution in [0.25, 0.3) is 0 Å². The number of carbonyl (C=O) groups is 5. The van der Waals surface area contributed by atoms with Gasteiger partial charge in [-0.3, -0.25) is 19.2 Å². The zero-order chi connectivity index (χ0) is 29.1. The van der Waals surface area contributed by atoms with Gasteiger partial charge in [-0.15, -0.1) is 0 Å². The molecule has 0 heterocycles. The molecule has 0 aromatic heterocycles. The molecule has 0 aromatic rings. The Hall–Kier alpha value is -2.73. The van der Waals surface area contributed by atoms with Gasteiger partial charge in [-0.1, -0.05) is 51.4 Å². The molecule has 226 valence electrons. The van der Waals surface area contributed by atoms with Crippen LogP contribution < -0.4 is 16.0 Å². The molecule has 12 heteroatoms. The van der Waals surface area contributed by atoms with Gasteiger partial charge in [0, 0.05) is 32.4 Å². The Morgan fingerprint density at radius 1 is 0.641 bits per heavy atom. The van der Waals surface area contributed by atoms with Gasteiger partial charge < -0.3 is 35.6 Å². The molecule has 0 aliphatic rings. The summed E-state index contributed by atoms with van der Waals surface area (Å²) >= 11 is 0. The van der Waals surface area contributed by atoms with E-state index >= 15 is 0 Å². The summed E-state index contributed by atoms with van der Waals surface area (Å²) in [6, 6.07) is -1.11. The van der Waals surface area contributed by atoms with Gasteiger partial charge in [-0.2, -0.15) is 0 Å². The van der Waals surface area contributed by atoms with E-state index in [9.17, 15) is 29.1 Å². The molecule has 0 aliphatic carbocycles. The highest BCUT2D eigenvalue weighted by molar-refractivity contribution is 5.84. The van der Waals surface area contributed by atoms with Gasteiger partial charge in [0.1, 0.15) is 12.6 Å². The minimum Gasteiger partial charge on any atom is -0.481 e. The first-order valence-electron chi connectivity index (χ1n) is 14.2. The summed E-state index contributed by atoms with van der Waals surface area (Å²) in [5.74, 6) is -2.75. The highest BCUT2D eigenvalue weighted by Gasteiger charge is 2.20. The lowest BCUT2D eigenvalue weighted by Crippen LogP contribution is -2.41. The maximum absolute atomic E-state index is 12.1. The first-order valence-corrected chi connectivity index (χ1v) is 14.2. The van der Waals surface area contributed by atoms with Crippen molar-refractivity contribution in [2.45, 2.75) is 103 Å². The number of carboxylic acid groups (broad SMARTS) is 2. The fourth-order valence-corrected chi connectivity index (χ4v) is 3.76. The van der Waals surface area contributed by atoms with Gasteiger partial charge in [0.2, 0.25) is 17.7 Å². The Bertz CT molecular complexity index is 704. The van der Waals surface area contributed by atoms with Crippen molar-refractivity contribution in [3.05, 3.63) is 0 Å². The molecule has 3 amide bonds. The zero-order valence-corrected chi connectivity index (χ0v) is 23.5. The number of amides is 3. The highest BCUT2D eigenvalue weighted by Crippen LogP contribution is 2.12. The van der Waals surface area contributed by atoms with Gasteiger partial charge in [0.25, 0.3) is 0 Å². The first-order chi connectivity index (χ1) is 18.8. The van der Waals surface area contributed by atoms with Crippen LogP contribution in [0.2, 0.25) is 0 Å². The van der Waals surface area contributed by atoms with E-state index in [0.717, 1.165) is 57.8 Å². The summed E-state index contributed by atoms with van der Waals surface area (Å²) in [5.41, 5.74) is 0. The molecule has 0 fully saturated rings. The minimum absolute atomic E-state index is 0.00225. The lowest BCUT2D eigenvalue weighted by molar-refractivity contribution is -0.142. The topological polar surface area (TPSA) is 180 Å². The smallest absolute Gasteiger partial charge is 0.326 e. The normalized spacial score (nSPS) is 11.5. The summed E-state index contributed by atoms with van der Waals surface area (Å²) in [6.45, 7) is 3.37. The van der Waals surface area contributed by atoms with Crippen molar-refractivity contribution in [2.75, 3.05) is 39.5 Å². The molecule has 0 rings (SSSR count). The van der Waals surface area contributed by atoms with Gasteiger partial charge in [-0.25, -0.2) is 4.79 Å². The summed E-state index contributed by atoms with van der Waals surface area (Å²) in [7, 11) is 0. The van der Waals surface area contributed by atoms with Crippen LogP contribution in [-0.4, -0.2) is 85.4 Å². The highest BCUT2D eigenvalue weighted by atomic mass is 16.5. The maximum Gasteiger partial charge on any atom is 0.326 e. The van der Waals surface area contributed by atoms with Crippen LogP contribution >= 0.6 is 0 Å². The minimum atomic E-state index is -1.17. The van der Waals surface area contributed by atoms with Crippen LogP contribution in [0.15, 0.2) is 0 Å². The summed E-state index contributed by atoms with van der Waals surface area (Å²) in [4.78, 5) is 57.2. The lowest BCUT2D eigenvalue weighted by atomic mass is 10.0. The Morgan fingerprint density at radius 2 is 1.21 bits per heavy atom. The number of likely N-dealkylation sites (N-methyl/N-ethyl adjacent to an activating group) is 1. The van der Waals surface area contributed by atoms with Crippen LogP contribution in [0, 0.1) is 0 Å². The molecule has 1 atom stereocenters. The molecule has 0 bridgehead atoms. The van der Waals surface area contributed by atoms with E-state index in [4.69, 9.17) is 14.6 Å². The summed E-state index contributed by atoms with van der Waals surface area (Å²) in [6.07, 6.45) is 10.3.